The summed E-state index contributed by atoms with van der Waals surface area (Å²) in [6.07, 6.45) is 0. The van der Waals surface area contributed by atoms with Crippen molar-refractivity contribution in [3.05, 3.63) is 28.3 Å². The Hall–Kier alpha value is -1.56. The minimum absolute atomic E-state index is 0.155. The summed E-state index contributed by atoms with van der Waals surface area (Å²) in [5.41, 5.74) is -0.191. The average Bonchev–Trinajstić information content (AvgIpc) is 2.16. The van der Waals surface area contributed by atoms with E-state index < -0.39 is 4.92 Å². The molecule has 1 aromatic rings. The molecule has 68 valence electrons. The second-order valence-corrected chi connectivity index (χ2v) is 2.81. The Kier molecular flexibility index (Phi) is 2.86. The van der Waals surface area contributed by atoms with Gasteiger partial charge in [0.1, 0.15) is 0 Å². The van der Waals surface area contributed by atoms with E-state index in [-0.39, 0.29) is 23.1 Å². The number of hydrogen-bond donors (Lipinski definition) is 0. The number of nitro benzene ring substituents is 1. The lowest BCUT2D eigenvalue weighted by molar-refractivity contribution is -0.386. The summed E-state index contributed by atoms with van der Waals surface area (Å²) in [5, 5.41) is 10.5. The van der Waals surface area contributed by atoms with E-state index in [9.17, 15) is 14.3 Å². The predicted molar refractivity (Wildman–Crippen MR) is 46.0 cm³/mol. The lowest BCUT2D eigenvalue weighted by Crippen LogP contribution is -1.93. The van der Waals surface area contributed by atoms with Crippen LogP contribution >= 0.6 is 0 Å². The van der Waals surface area contributed by atoms with Gasteiger partial charge < -0.3 is 4.74 Å². The molecular formula is C7H6NO4S+. The Morgan fingerprint density at radius 3 is 2.69 bits per heavy atom. The van der Waals surface area contributed by atoms with E-state index in [2.05, 4.69) is 0 Å². The number of ether oxygens (including phenoxy) is 1. The molecule has 5 nitrogen and oxygen atoms in total. The largest absolute Gasteiger partial charge is 0.505 e. The van der Waals surface area contributed by atoms with Crippen LogP contribution in [0.4, 0.5) is 5.69 Å². The van der Waals surface area contributed by atoms with Crippen molar-refractivity contribution in [3.8, 4) is 5.75 Å². The molecule has 0 aliphatic heterocycles. The van der Waals surface area contributed by atoms with Crippen LogP contribution in [0.3, 0.4) is 0 Å². The lowest BCUT2D eigenvalue weighted by atomic mass is 10.3. The van der Waals surface area contributed by atoms with E-state index in [0.717, 1.165) is 0 Å². The first kappa shape index (κ1) is 9.53. The predicted octanol–water partition coefficient (Wildman–Crippen LogP) is 1.39. The van der Waals surface area contributed by atoms with Crippen molar-refractivity contribution >= 4 is 17.4 Å². The van der Waals surface area contributed by atoms with E-state index in [0.29, 0.717) is 4.90 Å². The summed E-state index contributed by atoms with van der Waals surface area (Å²) in [4.78, 5) is 10.2. The van der Waals surface area contributed by atoms with Crippen LogP contribution < -0.4 is 4.74 Å². The molecule has 0 aliphatic carbocycles. The molecule has 13 heavy (non-hydrogen) atoms. The van der Waals surface area contributed by atoms with Crippen molar-refractivity contribution in [1.29, 1.82) is 0 Å². The Morgan fingerprint density at radius 2 is 2.23 bits per heavy atom. The third-order valence-corrected chi connectivity index (χ3v) is 1.89. The second-order valence-electron chi connectivity index (χ2n) is 2.17. The first-order valence-corrected chi connectivity index (χ1v) is 4.05. The molecule has 0 atom stereocenters. The standard InChI is InChI=1S/C7H6NO4S/c1-12-7-3-2-5(13-11)4-6(7)8(9)10/h2-4H,1H3/q+1. The summed E-state index contributed by atoms with van der Waals surface area (Å²) in [6.45, 7) is 0. The van der Waals surface area contributed by atoms with Gasteiger partial charge in [-0.3, -0.25) is 10.1 Å². The topological polar surface area (TPSA) is 69.4 Å². The number of methoxy groups -OCH3 is 1. The molecule has 6 heteroatoms. The third kappa shape index (κ3) is 1.97. The van der Waals surface area contributed by atoms with Crippen LogP contribution in [0.15, 0.2) is 23.1 Å². The maximum atomic E-state index is 10.5. The zero-order valence-electron chi connectivity index (χ0n) is 6.72. The molecule has 1 rings (SSSR count). The van der Waals surface area contributed by atoms with Crippen LogP contribution in [0.5, 0.6) is 5.75 Å². The molecule has 0 amide bonds. The highest BCUT2D eigenvalue weighted by Crippen LogP contribution is 2.27. The average molecular weight is 200 g/mol. The van der Waals surface area contributed by atoms with E-state index in [1.807, 2.05) is 0 Å². The van der Waals surface area contributed by atoms with E-state index in [1.165, 1.54) is 25.3 Å². The molecule has 1 aromatic carbocycles. The maximum Gasteiger partial charge on any atom is 0.505 e. The minimum atomic E-state index is -0.585. The maximum absolute atomic E-state index is 10.5. The van der Waals surface area contributed by atoms with Crippen molar-refractivity contribution < 1.29 is 13.9 Å². The summed E-state index contributed by atoms with van der Waals surface area (Å²) < 4.78 is 15.1. The molecule has 0 radical (unpaired) electrons. The van der Waals surface area contributed by atoms with Crippen molar-refractivity contribution in [1.82, 2.24) is 0 Å². The number of nitrogens with zero attached hydrogens (tertiary/aromatic N) is 1. The summed E-state index contributed by atoms with van der Waals surface area (Å²) in [5.74, 6) is 0.155. The van der Waals surface area contributed by atoms with Crippen LogP contribution in [-0.2, 0) is 15.9 Å². The highest BCUT2D eigenvalue weighted by atomic mass is 32.1. The van der Waals surface area contributed by atoms with Crippen LogP contribution in [0, 0.1) is 10.1 Å². The molecule has 0 bridgehead atoms. The van der Waals surface area contributed by atoms with Gasteiger partial charge in [-0.15, -0.1) is 0 Å². The van der Waals surface area contributed by atoms with Crippen LogP contribution in [-0.4, -0.2) is 12.0 Å². The number of nitro groups is 1. The van der Waals surface area contributed by atoms with Crippen LogP contribution in [0.2, 0.25) is 0 Å². The highest BCUT2D eigenvalue weighted by Gasteiger charge is 2.19. The van der Waals surface area contributed by atoms with Crippen molar-refractivity contribution in [2.24, 2.45) is 0 Å². The fourth-order valence-corrected chi connectivity index (χ4v) is 1.15. The van der Waals surface area contributed by atoms with Crippen molar-refractivity contribution in [3.63, 3.8) is 0 Å². The lowest BCUT2D eigenvalue weighted by Gasteiger charge is -1.97. The van der Waals surface area contributed by atoms with Gasteiger partial charge >= 0.3 is 17.4 Å². The SMILES string of the molecule is COc1ccc([S+]=O)cc1[N+](=O)[O-]. The zero-order valence-corrected chi connectivity index (χ0v) is 7.54. The van der Waals surface area contributed by atoms with Crippen LogP contribution in [0.25, 0.3) is 0 Å². The fraction of sp³-hybridized carbons (Fsp3) is 0.143. The van der Waals surface area contributed by atoms with Gasteiger partial charge in [0, 0.05) is 10.3 Å². The molecule has 0 saturated carbocycles. The monoisotopic (exact) mass is 200 g/mol. The van der Waals surface area contributed by atoms with Gasteiger partial charge in [-0.25, -0.2) is 0 Å². The summed E-state index contributed by atoms with van der Waals surface area (Å²) in [7, 11) is 1.34. The Labute approximate surface area is 78.0 Å². The van der Waals surface area contributed by atoms with Gasteiger partial charge in [0.25, 0.3) is 4.90 Å². The molecule has 0 unspecified atom stereocenters. The molecule has 0 heterocycles. The smallest absolute Gasteiger partial charge is 0.490 e. The molecule has 0 aromatic heterocycles. The van der Waals surface area contributed by atoms with Gasteiger partial charge in [0.15, 0.2) is 5.75 Å². The summed E-state index contributed by atoms with van der Waals surface area (Å²) in [6, 6.07) is 4.07. The molecule has 0 saturated heterocycles. The minimum Gasteiger partial charge on any atom is -0.490 e. The van der Waals surface area contributed by atoms with Gasteiger partial charge in [0.2, 0.25) is 0 Å². The van der Waals surface area contributed by atoms with Gasteiger partial charge in [-0.2, -0.15) is 0 Å². The third-order valence-electron chi connectivity index (χ3n) is 1.44. The summed E-state index contributed by atoms with van der Waals surface area (Å²) >= 11 is 0.210. The second kappa shape index (κ2) is 3.90. The fourth-order valence-electron chi connectivity index (χ4n) is 0.864. The van der Waals surface area contributed by atoms with E-state index >= 15 is 0 Å². The van der Waals surface area contributed by atoms with Gasteiger partial charge in [0.05, 0.1) is 18.1 Å². The number of hydrogen-bond acceptors (Lipinski definition) is 4. The molecule has 0 fully saturated rings. The Morgan fingerprint density at radius 1 is 1.54 bits per heavy atom. The molecule has 0 aliphatic rings. The Bertz CT molecular complexity index is 352. The van der Waals surface area contributed by atoms with Crippen LogP contribution in [0.1, 0.15) is 0 Å². The van der Waals surface area contributed by atoms with Gasteiger partial charge in [-0.1, -0.05) is 0 Å². The molecule has 0 N–H and O–H groups in total. The number of benzene rings is 1. The normalized spacial score (nSPS) is 9.31. The number of rotatable bonds is 3. The Balaban J connectivity index is 3.25. The first-order chi connectivity index (χ1) is 6.19. The van der Waals surface area contributed by atoms with Crippen molar-refractivity contribution in [2.75, 3.05) is 7.11 Å². The van der Waals surface area contributed by atoms with Crippen molar-refractivity contribution in [2.45, 2.75) is 4.90 Å². The molecule has 0 spiro atoms. The highest BCUT2D eigenvalue weighted by molar-refractivity contribution is 7.65. The zero-order chi connectivity index (χ0) is 9.84. The molecular weight excluding hydrogens is 194 g/mol. The van der Waals surface area contributed by atoms with Gasteiger partial charge in [-0.05, 0) is 6.07 Å². The van der Waals surface area contributed by atoms with E-state index in [1.54, 1.807) is 0 Å². The first-order valence-electron chi connectivity index (χ1n) is 3.31. The quantitative estimate of drug-likeness (QED) is 0.420. The van der Waals surface area contributed by atoms with E-state index in [4.69, 9.17) is 4.74 Å².